The Hall–Kier alpha value is -4.02. The quantitative estimate of drug-likeness (QED) is 0.432. The fourth-order valence-corrected chi connectivity index (χ4v) is 5.40. The first-order valence-corrected chi connectivity index (χ1v) is 13.8. The van der Waals surface area contributed by atoms with Crippen LogP contribution in [0.4, 0.5) is 16.4 Å². The maximum Gasteiger partial charge on any atom is 0.410 e. The van der Waals surface area contributed by atoms with Crippen molar-refractivity contribution >= 4 is 23.6 Å². The minimum Gasteiger partial charge on any atom is -0.444 e. The Morgan fingerprint density at radius 3 is 2.52 bits per heavy atom. The number of anilines is 2. The number of rotatable bonds is 6. The number of pyridine rings is 2. The van der Waals surface area contributed by atoms with Crippen LogP contribution in [-0.2, 0) is 17.8 Å². The zero-order chi connectivity index (χ0) is 28.9. The van der Waals surface area contributed by atoms with Crippen LogP contribution in [0.25, 0.3) is 11.5 Å². The Bertz CT molecular complexity index is 1440. The third-order valence-corrected chi connectivity index (χ3v) is 7.35. The van der Waals surface area contributed by atoms with Gasteiger partial charge in [-0.3, -0.25) is 9.69 Å². The maximum atomic E-state index is 13.9. The molecule has 0 radical (unpaired) electrons. The topological polar surface area (TPSA) is 110 Å². The first-order valence-electron chi connectivity index (χ1n) is 13.8. The number of aromatic nitrogens is 5. The highest BCUT2D eigenvalue weighted by Gasteiger charge is 2.38. The molecule has 5 rings (SSSR count). The van der Waals surface area contributed by atoms with Crippen LogP contribution in [-0.4, -0.2) is 66.4 Å². The van der Waals surface area contributed by atoms with Gasteiger partial charge in [-0.25, -0.2) is 14.8 Å². The van der Waals surface area contributed by atoms with Crippen LogP contribution < -0.4 is 9.80 Å². The highest BCUT2D eigenvalue weighted by atomic mass is 16.6. The van der Waals surface area contributed by atoms with Crippen LogP contribution >= 0.6 is 0 Å². The van der Waals surface area contributed by atoms with Gasteiger partial charge in [-0.1, -0.05) is 6.07 Å². The molecule has 212 valence electrons. The van der Waals surface area contributed by atoms with E-state index in [-0.39, 0.29) is 18.5 Å². The molecule has 1 saturated heterocycles. The third-order valence-electron chi connectivity index (χ3n) is 7.35. The second-order valence-electron chi connectivity index (χ2n) is 12.1. The van der Waals surface area contributed by atoms with Crippen molar-refractivity contribution in [3.63, 3.8) is 0 Å². The van der Waals surface area contributed by atoms with Gasteiger partial charge in [0.1, 0.15) is 29.3 Å². The Balaban J connectivity index is 1.50. The van der Waals surface area contributed by atoms with E-state index >= 15 is 0 Å². The summed E-state index contributed by atoms with van der Waals surface area (Å²) < 4.78 is 7.52. The van der Waals surface area contributed by atoms with E-state index in [1.165, 1.54) is 4.90 Å². The van der Waals surface area contributed by atoms with Crippen molar-refractivity contribution in [2.24, 2.45) is 0 Å². The Kier molecular flexibility index (Phi) is 7.01. The molecule has 11 nitrogen and oxygen atoms in total. The van der Waals surface area contributed by atoms with Gasteiger partial charge >= 0.3 is 6.09 Å². The maximum absolute atomic E-state index is 13.9. The zero-order valence-corrected chi connectivity index (χ0v) is 24.5. The summed E-state index contributed by atoms with van der Waals surface area (Å²) in [5.74, 6) is 1.77. The number of carbonyl (C=O) groups is 2. The van der Waals surface area contributed by atoms with E-state index in [2.05, 4.69) is 42.8 Å². The van der Waals surface area contributed by atoms with Crippen molar-refractivity contribution in [3.8, 4) is 11.5 Å². The van der Waals surface area contributed by atoms with Crippen molar-refractivity contribution in [3.05, 3.63) is 47.4 Å². The van der Waals surface area contributed by atoms with E-state index in [4.69, 9.17) is 14.7 Å². The number of amides is 2. The summed E-state index contributed by atoms with van der Waals surface area (Å²) in [6.45, 7) is 14.4. The monoisotopic (exact) mass is 546 g/mol. The molecule has 5 heterocycles. The highest BCUT2D eigenvalue weighted by Crippen LogP contribution is 2.37. The van der Waals surface area contributed by atoms with Crippen molar-refractivity contribution in [2.75, 3.05) is 16.8 Å². The lowest BCUT2D eigenvalue weighted by molar-refractivity contribution is 0.0282. The van der Waals surface area contributed by atoms with Gasteiger partial charge in [0.05, 0.1) is 24.3 Å². The fraction of sp³-hybridized carbons (Fsp3) is 0.517. The van der Waals surface area contributed by atoms with Gasteiger partial charge in [0.2, 0.25) is 0 Å². The molecular formula is C29H38N8O3. The Morgan fingerprint density at radius 2 is 1.88 bits per heavy atom. The smallest absolute Gasteiger partial charge is 0.410 e. The molecule has 3 aromatic heterocycles. The largest absolute Gasteiger partial charge is 0.444 e. The van der Waals surface area contributed by atoms with Gasteiger partial charge in [-0.15, -0.1) is 10.2 Å². The van der Waals surface area contributed by atoms with Crippen LogP contribution in [0.15, 0.2) is 30.6 Å². The molecule has 3 aromatic rings. The van der Waals surface area contributed by atoms with Crippen molar-refractivity contribution in [2.45, 2.75) is 91.7 Å². The van der Waals surface area contributed by atoms with Crippen molar-refractivity contribution < 1.29 is 14.3 Å². The molecule has 0 spiro atoms. The summed E-state index contributed by atoms with van der Waals surface area (Å²) in [5, 5.41) is 8.32. The van der Waals surface area contributed by atoms with Gasteiger partial charge in [0.15, 0.2) is 5.82 Å². The predicted octanol–water partition coefficient (Wildman–Crippen LogP) is 4.83. The Labute approximate surface area is 235 Å². The number of hydrogen-bond donors (Lipinski definition) is 0. The highest BCUT2D eigenvalue weighted by molar-refractivity contribution is 6.10. The van der Waals surface area contributed by atoms with E-state index in [1.807, 2.05) is 49.6 Å². The number of carbonyl (C=O) groups excluding carboxylic acids is 2. The van der Waals surface area contributed by atoms with E-state index in [0.29, 0.717) is 47.2 Å². The molecule has 40 heavy (non-hydrogen) atoms. The van der Waals surface area contributed by atoms with Gasteiger partial charge in [0, 0.05) is 30.7 Å². The number of fused-ring (bicyclic) bond motifs is 1. The summed E-state index contributed by atoms with van der Waals surface area (Å²) in [7, 11) is 1.69. The molecule has 2 atom stereocenters. The van der Waals surface area contributed by atoms with Crippen LogP contribution in [0.1, 0.15) is 82.5 Å². The average Bonchev–Trinajstić information content (AvgIpc) is 3.49. The Morgan fingerprint density at radius 1 is 1.15 bits per heavy atom. The lowest BCUT2D eigenvalue weighted by atomic mass is 9.95. The molecule has 0 bridgehead atoms. The molecule has 0 N–H and O–H groups in total. The summed E-state index contributed by atoms with van der Waals surface area (Å²) in [4.78, 5) is 41.9. The van der Waals surface area contributed by atoms with Gasteiger partial charge in [-0.2, -0.15) is 0 Å². The summed E-state index contributed by atoms with van der Waals surface area (Å²) in [5.41, 5.74) is 2.08. The molecule has 2 aliphatic heterocycles. The molecule has 1 fully saturated rings. The zero-order valence-electron chi connectivity index (χ0n) is 24.5. The van der Waals surface area contributed by atoms with Crippen LogP contribution in [0, 0.1) is 0 Å². The minimum atomic E-state index is -0.617. The summed E-state index contributed by atoms with van der Waals surface area (Å²) >= 11 is 0. The molecule has 2 amide bonds. The first-order chi connectivity index (χ1) is 18.8. The minimum absolute atomic E-state index is 0.143. The lowest BCUT2D eigenvalue weighted by Crippen LogP contribution is -2.53. The molecule has 2 aliphatic rings. The van der Waals surface area contributed by atoms with Crippen molar-refractivity contribution in [1.29, 1.82) is 0 Å². The third kappa shape index (κ3) is 5.12. The summed E-state index contributed by atoms with van der Waals surface area (Å²) in [6, 6.07) is 8.26. The van der Waals surface area contributed by atoms with Gasteiger partial charge < -0.3 is 19.1 Å². The standard InChI is InChI=1S/C29H38N8O3/c1-17(2)36-16-30-33-26(36)22-10-9-11-24(31-22)35-14-21-20(27(35)38)13-25(37-18(3)12-19(37)4)32-23(21)15-34(8)28(39)40-29(5,6)7/h9-11,13,16-19H,12,14-15H2,1-8H3/t18-,19-/m1/s1. The van der Waals surface area contributed by atoms with E-state index in [9.17, 15) is 9.59 Å². The number of hydrogen-bond acceptors (Lipinski definition) is 8. The molecule has 0 saturated carbocycles. The number of nitrogens with zero attached hydrogens (tertiary/aromatic N) is 8. The molecule has 11 heteroatoms. The second-order valence-corrected chi connectivity index (χ2v) is 12.1. The van der Waals surface area contributed by atoms with Crippen LogP contribution in [0.5, 0.6) is 0 Å². The molecular weight excluding hydrogens is 508 g/mol. The summed E-state index contributed by atoms with van der Waals surface area (Å²) in [6.07, 6.45) is 2.30. The van der Waals surface area contributed by atoms with Crippen molar-refractivity contribution in [1.82, 2.24) is 29.6 Å². The van der Waals surface area contributed by atoms with E-state index in [0.717, 1.165) is 17.8 Å². The van der Waals surface area contributed by atoms with Gasteiger partial charge in [0.25, 0.3) is 5.91 Å². The van der Waals surface area contributed by atoms with E-state index < -0.39 is 11.7 Å². The van der Waals surface area contributed by atoms with Gasteiger partial charge in [-0.05, 0) is 73.1 Å². The molecule has 0 aromatic carbocycles. The molecule has 0 aliphatic carbocycles. The lowest BCUT2D eigenvalue weighted by Gasteiger charge is -2.46. The van der Waals surface area contributed by atoms with Crippen LogP contribution in [0.3, 0.4) is 0 Å². The average molecular weight is 547 g/mol. The number of ether oxygens (including phenoxy) is 1. The van der Waals surface area contributed by atoms with E-state index in [1.54, 1.807) is 18.3 Å². The SMILES string of the molecule is CC(C)n1cnnc1-c1cccc(N2Cc3c(cc(N4[C@H](C)C[C@H]4C)nc3CN(C)C(=O)OC(C)(C)C)C2=O)n1. The first kappa shape index (κ1) is 27.5. The second kappa shape index (κ2) is 10.2. The molecule has 0 unspecified atom stereocenters. The fourth-order valence-electron chi connectivity index (χ4n) is 5.40. The van der Waals surface area contributed by atoms with Crippen LogP contribution in [0.2, 0.25) is 0 Å². The predicted molar refractivity (Wildman–Crippen MR) is 152 cm³/mol. The normalized spacial score (nSPS) is 18.7.